The first-order valence-electron chi connectivity index (χ1n) is 10.8. The highest BCUT2D eigenvalue weighted by Gasteiger charge is 2.60. The molecular weight excluding hydrogens is 456 g/mol. The van der Waals surface area contributed by atoms with Gasteiger partial charge in [0.15, 0.2) is 6.10 Å². The lowest BCUT2D eigenvalue weighted by molar-refractivity contribution is -0.126. The number of carbonyl (C=O) groups excluding carboxylic acids is 2. The number of aryl methyl sites for hydroxylation is 1. The fourth-order valence-corrected chi connectivity index (χ4v) is 4.68. The van der Waals surface area contributed by atoms with E-state index < -0.39 is 24.0 Å². The van der Waals surface area contributed by atoms with Crippen molar-refractivity contribution >= 4 is 34.8 Å². The van der Waals surface area contributed by atoms with E-state index in [2.05, 4.69) is 0 Å². The number of hydrogen-bond donors (Lipinski definition) is 0. The minimum Gasteiger partial charge on any atom is -0.497 e. The lowest BCUT2D eigenvalue weighted by Gasteiger charge is -2.29. The van der Waals surface area contributed by atoms with E-state index in [4.69, 9.17) is 25.9 Å². The molecule has 0 radical (unpaired) electrons. The average Bonchev–Trinajstić information content (AvgIpc) is 3.35. The molecule has 0 saturated carbocycles. The summed E-state index contributed by atoms with van der Waals surface area (Å²) in [6, 6.07) is 19.1. The highest BCUT2D eigenvalue weighted by atomic mass is 35.5. The molecule has 2 heterocycles. The molecule has 2 aliphatic heterocycles. The van der Waals surface area contributed by atoms with Crippen molar-refractivity contribution < 1.29 is 23.9 Å². The summed E-state index contributed by atoms with van der Waals surface area (Å²) in [5.74, 6) is -0.344. The predicted octanol–water partition coefficient (Wildman–Crippen LogP) is 4.72. The summed E-state index contributed by atoms with van der Waals surface area (Å²) in [5, 5.41) is 2.18. The molecule has 0 bridgehead atoms. The standard InChI is InChI=1S/C26H23ClN2O5/c1-15-4-8-17(9-5-15)28-25(30)22-23(20-13-12-19(32-2)14-21(20)33-3)29(34-24(22)26(28)31)18-10-6-16(27)7-11-18/h4-14,22-24H,1-3H3/t22-,23-,24-/m1/s1. The molecule has 34 heavy (non-hydrogen) atoms. The Kier molecular flexibility index (Phi) is 5.67. The van der Waals surface area contributed by atoms with Crippen LogP contribution in [0.25, 0.3) is 0 Å². The van der Waals surface area contributed by atoms with E-state index in [1.165, 1.54) is 4.90 Å². The van der Waals surface area contributed by atoms with Crippen molar-refractivity contribution in [3.63, 3.8) is 0 Å². The van der Waals surface area contributed by atoms with Crippen LogP contribution in [-0.4, -0.2) is 32.1 Å². The predicted molar refractivity (Wildman–Crippen MR) is 128 cm³/mol. The zero-order chi connectivity index (χ0) is 24.0. The number of rotatable bonds is 5. The van der Waals surface area contributed by atoms with Gasteiger partial charge in [0, 0.05) is 16.7 Å². The van der Waals surface area contributed by atoms with Gasteiger partial charge in [-0.1, -0.05) is 29.3 Å². The zero-order valence-corrected chi connectivity index (χ0v) is 19.7. The second kappa shape index (κ2) is 8.66. The third kappa shape index (κ3) is 3.57. The van der Waals surface area contributed by atoms with E-state index in [1.54, 1.807) is 67.8 Å². The molecule has 3 aromatic rings. The van der Waals surface area contributed by atoms with E-state index in [0.717, 1.165) is 5.56 Å². The van der Waals surface area contributed by atoms with Gasteiger partial charge < -0.3 is 9.47 Å². The molecule has 0 spiro atoms. The van der Waals surface area contributed by atoms with E-state index in [0.29, 0.717) is 33.5 Å². The average molecular weight is 479 g/mol. The minimum absolute atomic E-state index is 0.321. The maximum absolute atomic E-state index is 13.7. The molecule has 0 aliphatic carbocycles. The van der Waals surface area contributed by atoms with Crippen LogP contribution in [-0.2, 0) is 14.4 Å². The Hall–Kier alpha value is -3.55. The normalized spacial score (nSPS) is 21.7. The summed E-state index contributed by atoms with van der Waals surface area (Å²) in [4.78, 5) is 34.6. The van der Waals surface area contributed by atoms with Crippen LogP contribution in [0.2, 0.25) is 5.02 Å². The molecule has 2 aliphatic rings. The molecule has 0 aromatic heterocycles. The van der Waals surface area contributed by atoms with Crippen molar-refractivity contribution in [2.24, 2.45) is 5.92 Å². The molecular formula is C26H23ClN2O5. The molecule has 3 aromatic carbocycles. The number of amides is 2. The van der Waals surface area contributed by atoms with E-state index in [-0.39, 0.29) is 5.91 Å². The Morgan fingerprint density at radius 2 is 1.53 bits per heavy atom. The molecule has 0 N–H and O–H groups in total. The number of halogens is 1. The van der Waals surface area contributed by atoms with Crippen LogP contribution in [0.4, 0.5) is 11.4 Å². The maximum Gasteiger partial charge on any atom is 0.266 e. The number of nitrogens with zero attached hydrogens (tertiary/aromatic N) is 2. The van der Waals surface area contributed by atoms with Crippen LogP contribution < -0.4 is 19.4 Å². The van der Waals surface area contributed by atoms with Crippen LogP contribution >= 0.6 is 11.6 Å². The summed E-state index contributed by atoms with van der Waals surface area (Å²) < 4.78 is 11.0. The number of ether oxygens (including phenoxy) is 2. The minimum atomic E-state index is -0.971. The van der Waals surface area contributed by atoms with Crippen LogP contribution in [0.5, 0.6) is 11.5 Å². The number of hydrogen-bond acceptors (Lipinski definition) is 6. The van der Waals surface area contributed by atoms with Gasteiger partial charge in [0.05, 0.1) is 31.6 Å². The number of hydroxylamine groups is 1. The fraction of sp³-hybridized carbons (Fsp3) is 0.231. The zero-order valence-electron chi connectivity index (χ0n) is 18.9. The lowest BCUT2D eigenvalue weighted by Crippen LogP contribution is -2.37. The molecule has 7 nitrogen and oxygen atoms in total. The molecule has 0 unspecified atom stereocenters. The molecule has 174 valence electrons. The quantitative estimate of drug-likeness (QED) is 0.494. The van der Waals surface area contributed by atoms with Gasteiger partial charge in [-0.3, -0.25) is 14.4 Å². The number of imide groups is 1. The SMILES string of the molecule is COc1ccc([C@@H]2[C@H]3C(=O)N(c4ccc(C)cc4)C(=O)[C@@H]3ON2c2ccc(Cl)cc2)c(OC)c1. The fourth-order valence-electron chi connectivity index (χ4n) is 4.55. The third-order valence-corrected chi connectivity index (χ3v) is 6.50. The van der Waals surface area contributed by atoms with Gasteiger partial charge in [-0.2, -0.15) is 0 Å². The molecule has 2 saturated heterocycles. The number of carbonyl (C=O) groups is 2. The monoisotopic (exact) mass is 478 g/mol. The summed E-state index contributed by atoms with van der Waals surface area (Å²) in [7, 11) is 3.13. The smallest absolute Gasteiger partial charge is 0.266 e. The van der Waals surface area contributed by atoms with Crippen molar-refractivity contribution in [3.05, 3.63) is 82.9 Å². The molecule has 3 atom stereocenters. The number of fused-ring (bicyclic) bond motifs is 1. The highest BCUT2D eigenvalue weighted by Crippen LogP contribution is 2.50. The summed E-state index contributed by atoms with van der Waals surface area (Å²) in [6.07, 6.45) is -0.971. The van der Waals surface area contributed by atoms with Gasteiger partial charge in [-0.25, -0.2) is 9.96 Å². The molecule has 5 rings (SSSR count). The first kappa shape index (κ1) is 22.3. The van der Waals surface area contributed by atoms with Crippen LogP contribution in [0, 0.1) is 12.8 Å². The second-order valence-corrected chi connectivity index (χ2v) is 8.69. The highest BCUT2D eigenvalue weighted by molar-refractivity contribution is 6.30. The lowest BCUT2D eigenvalue weighted by atomic mass is 9.90. The van der Waals surface area contributed by atoms with Gasteiger partial charge in [0.1, 0.15) is 17.4 Å². The Balaban J connectivity index is 1.62. The first-order chi connectivity index (χ1) is 16.4. The van der Waals surface area contributed by atoms with Gasteiger partial charge in [0.2, 0.25) is 5.91 Å². The van der Waals surface area contributed by atoms with Crippen molar-refractivity contribution in [2.45, 2.75) is 19.1 Å². The molecule has 2 amide bonds. The van der Waals surface area contributed by atoms with Crippen molar-refractivity contribution in [1.29, 1.82) is 0 Å². The second-order valence-electron chi connectivity index (χ2n) is 8.25. The van der Waals surface area contributed by atoms with E-state index in [9.17, 15) is 9.59 Å². The van der Waals surface area contributed by atoms with Crippen LogP contribution in [0.1, 0.15) is 17.2 Å². The number of anilines is 2. The van der Waals surface area contributed by atoms with Gasteiger partial charge >= 0.3 is 0 Å². The maximum atomic E-state index is 13.7. The molecule has 8 heteroatoms. The van der Waals surface area contributed by atoms with Crippen LogP contribution in [0.15, 0.2) is 66.7 Å². The van der Waals surface area contributed by atoms with Crippen molar-refractivity contribution in [2.75, 3.05) is 24.2 Å². The van der Waals surface area contributed by atoms with Gasteiger partial charge in [0.25, 0.3) is 5.91 Å². The Morgan fingerprint density at radius 1 is 0.853 bits per heavy atom. The summed E-state index contributed by atoms with van der Waals surface area (Å²) >= 11 is 6.08. The Morgan fingerprint density at radius 3 is 2.18 bits per heavy atom. The third-order valence-electron chi connectivity index (χ3n) is 6.25. The summed E-state index contributed by atoms with van der Waals surface area (Å²) in [5.41, 5.74) is 2.94. The van der Waals surface area contributed by atoms with Crippen molar-refractivity contribution in [1.82, 2.24) is 0 Å². The van der Waals surface area contributed by atoms with Gasteiger partial charge in [-0.15, -0.1) is 0 Å². The topological polar surface area (TPSA) is 68.3 Å². The Labute approximate surface area is 202 Å². The van der Waals surface area contributed by atoms with E-state index in [1.807, 2.05) is 25.1 Å². The van der Waals surface area contributed by atoms with Crippen molar-refractivity contribution in [3.8, 4) is 11.5 Å². The van der Waals surface area contributed by atoms with Crippen LogP contribution in [0.3, 0.4) is 0 Å². The first-order valence-corrected chi connectivity index (χ1v) is 11.2. The van der Waals surface area contributed by atoms with Gasteiger partial charge in [-0.05, 0) is 55.5 Å². The molecule has 2 fully saturated rings. The van der Waals surface area contributed by atoms with E-state index >= 15 is 0 Å². The number of benzene rings is 3. The summed E-state index contributed by atoms with van der Waals surface area (Å²) in [6.45, 7) is 1.95. The number of methoxy groups -OCH3 is 2. The largest absolute Gasteiger partial charge is 0.497 e. The Bertz CT molecular complexity index is 1250.